The summed E-state index contributed by atoms with van der Waals surface area (Å²) in [5.41, 5.74) is 0. The van der Waals surface area contributed by atoms with Gasteiger partial charge in [0.15, 0.2) is 0 Å². The Kier molecular flexibility index (Phi) is 10.8. The molecule has 0 aliphatic heterocycles. The molecule has 29 valence electrons. The summed E-state index contributed by atoms with van der Waals surface area (Å²) in [6.45, 7) is 0. The van der Waals surface area contributed by atoms with Crippen molar-refractivity contribution in [1.82, 2.24) is 0 Å². The monoisotopic (exact) mass is 267 g/mol. The quantitative estimate of drug-likeness (QED) is 0.511. The van der Waals surface area contributed by atoms with Crippen LogP contribution in [0.15, 0.2) is 0 Å². The molecule has 0 bridgehead atoms. The molecule has 0 amide bonds. The van der Waals surface area contributed by atoms with Crippen LogP contribution in [-0.2, 0) is 0 Å². The smallest absolute Gasteiger partial charge is 0.372 e. The van der Waals surface area contributed by atoms with Crippen molar-refractivity contribution < 1.29 is 63.0 Å². The first-order valence-corrected chi connectivity index (χ1v) is 2.48. The van der Waals surface area contributed by atoms with Gasteiger partial charge < -0.3 is 8.40 Å². The number of hydrogen-bond donors (Lipinski definition) is 1. The first kappa shape index (κ1) is 9.75. The molecule has 0 aromatic heterocycles. The summed E-state index contributed by atoms with van der Waals surface area (Å²) >= 11 is -3.40. The summed E-state index contributed by atoms with van der Waals surface area (Å²) in [5, 5.41) is 0. The van der Waals surface area contributed by atoms with Crippen LogP contribution in [-0.4, -0.2) is 4.20 Å². The standard InChI is InChI=1S/BrHO3.La/c2-1(3)4;/h2H;. The van der Waals surface area contributed by atoms with Gasteiger partial charge in [-0.25, -0.2) is 0 Å². The molecule has 0 aromatic carbocycles. The Morgan fingerprint density at radius 1 is 1.40 bits per heavy atom. The van der Waals surface area contributed by atoms with E-state index in [1.807, 2.05) is 0 Å². The maximum atomic E-state index is 8.63. The Labute approximate surface area is 62.4 Å². The number of hydrogen-bond acceptors (Lipinski definition) is 3. The van der Waals surface area contributed by atoms with Crippen molar-refractivity contribution in [3.8, 4) is 0 Å². The van der Waals surface area contributed by atoms with E-state index in [9.17, 15) is 0 Å². The van der Waals surface area contributed by atoms with Crippen LogP contribution in [0.5, 0.6) is 0 Å². The third-order valence-electron chi connectivity index (χ3n) is 0. The molecule has 0 aliphatic rings. The normalized spacial score (nSPS) is 7.20. The molecule has 0 heterocycles. The molecule has 0 saturated heterocycles. The summed E-state index contributed by atoms with van der Waals surface area (Å²) in [7, 11) is 0. The average molecular weight is 268 g/mol. The van der Waals surface area contributed by atoms with Gasteiger partial charge in [-0.1, -0.05) is 0 Å². The van der Waals surface area contributed by atoms with E-state index in [1.54, 1.807) is 0 Å². The third kappa shape index (κ3) is 29.0. The zero-order valence-corrected chi connectivity index (χ0v) is 7.43. The molecule has 0 spiro atoms. The van der Waals surface area contributed by atoms with Gasteiger partial charge in [-0.15, -0.1) is 0 Å². The molecule has 0 aliphatic carbocycles. The van der Waals surface area contributed by atoms with Crippen LogP contribution >= 0.6 is 0 Å². The molecule has 5 heavy (non-hydrogen) atoms. The predicted molar refractivity (Wildman–Crippen MR) is 2.22 cm³/mol. The van der Waals surface area contributed by atoms with Crippen LogP contribution in [0.25, 0.3) is 0 Å². The maximum absolute atomic E-state index is 8.63. The van der Waals surface area contributed by atoms with Crippen molar-refractivity contribution in [2.75, 3.05) is 0 Å². The van der Waals surface area contributed by atoms with Gasteiger partial charge >= 0.3 is 14.8 Å². The molecule has 0 atom stereocenters. The minimum absolute atomic E-state index is 0. The molecular weight excluding hydrogens is 267 g/mol. The summed E-state index contributed by atoms with van der Waals surface area (Å²) in [6, 6.07) is 0. The van der Waals surface area contributed by atoms with Crippen LogP contribution in [0.4, 0.5) is 0 Å². The van der Waals surface area contributed by atoms with Crippen molar-refractivity contribution in [2.45, 2.75) is 0 Å². The van der Waals surface area contributed by atoms with Gasteiger partial charge in [0.1, 0.15) is 0 Å². The average Bonchev–Trinajstić information content (AvgIpc) is 0.811. The van der Waals surface area contributed by atoms with E-state index in [-0.39, 0.29) is 35.6 Å². The SMILES string of the molecule is [La].[O-][Br+2]([O-])O. The minimum atomic E-state index is -3.40. The van der Waals surface area contributed by atoms with E-state index in [0.29, 0.717) is 0 Å². The van der Waals surface area contributed by atoms with Crippen molar-refractivity contribution >= 4 is 0 Å². The molecule has 5 heteroatoms. The molecule has 0 aromatic rings. The van der Waals surface area contributed by atoms with Gasteiger partial charge in [-0.3, -0.25) is 0 Å². The van der Waals surface area contributed by atoms with Crippen LogP contribution in [0.2, 0.25) is 0 Å². The number of halogens is 1. The van der Waals surface area contributed by atoms with Crippen molar-refractivity contribution in [3.05, 3.63) is 0 Å². The fourth-order valence-electron chi connectivity index (χ4n) is 0. The molecule has 1 radical (unpaired) electrons. The summed E-state index contributed by atoms with van der Waals surface area (Å²) in [6.07, 6.45) is 0. The summed E-state index contributed by atoms with van der Waals surface area (Å²) in [4.78, 5) is 0. The summed E-state index contributed by atoms with van der Waals surface area (Å²) < 4.78 is 24.3. The molecular formula is HBrLaO3. The second-order valence-electron chi connectivity index (χ2n) is 0.201. The summed E-state index contributed by atoms with van der Waals surface area (Å²) in [5.74, 6) is 0. The Hall–Kier alpha value is 1.55. The Morgan fingerprint density at radius 2 is 1.40 bits per heavy atom. The van der Waals surface area contributed by atoms with Gasteiger partial charge in [-0.2, -0.15) is 0 Å². The topological polar surface area (TPSA) is 66.3 Å². The van der Waals surface area contributed by atoms with E-state index in [1.165, 1.54) is 0 Å². The van der Waals surface area contributed by atoms with Gasteiger partial charge in [0.25, 0.3) is 0 Å². The molecule has 1 N–H and O–H groups in total. The second kappa shape index (κ2) is 5.55. The predicted octanol–water partition coefficient (Wildman–Crippen LogP) is -2.94. The third-order valence-corrected chi connectivity index (χ3v) is 0. The maximum Gasteiger partial charge on any atom is 0.433 e. The van der Waals surface area contributed by atoms with Crippen LogP contribution in [0.3, 0.4) is 0 Å². The van der Waals surface area contributed by atoms with Gasteiger partial charge in [0.2, 0.25) is 0 Å². The van der Waals surface area contributed by atoms with Gasteiger partial charge in [0.05, 0.1) is 0 Å². The van der Waals surface area contributed by atoms with E-state index in [0.717, 1.165) is 0 Å². The fourth-order valence-corrected chi connectivity index (χ4v) is 0. The van der Waals surface area contributed by atoms with E-state index in [4.69, 9.17) is 12.6 Å². The largest absolute Gasteiger partial charge is 0.433 e. The minimum Gasteiger partial charge on any atom is -0.372 e. The first-order valence-electron chi connectivity index (χ1n) is 0.478. The number of rotatable bonds is 0. The molecule has 0 rings (SSSR count). The van der Waals surface area contributed by atoms with Crippen LogP contribution in [0.1, 0.15) is 0 Å². The zero-order chi connectivity index (χ0) is 3.58. The van der Waals surface area contributed by atoms with E-state index in [2.05, 4.69) is 0 Å². The van der Waals surface area contributed by atoms with Crippen LogP contribution in [0, 0.1) is 50.4 Å². The molecule has 0 fully saturated rings. The first-order chi connectivity index (χ1) is 1.73. The Bertz CT molecular complexity index is 11.6. The Morgan fingerprint density at radius 3 is 1.40 bits per heavy atom. The zero-order valence-electron chi connectivity index (χ0n) is 2.22. The fraction of sp³-hybridized carbons (Fsp3) is 0. The van der Waals surface area contributed by atoms with Crippen molar-refractivity contribution in [2.24, 2.45) is 0 Å². The van der Waals surface area contributed by atoms with Crippen molar-refractivity contribution in [3.63, 3.8) is 0 Å². The molecule has 0 unspecified atom stereocenters. The molecule has 0 saturated carbocycles. The van der Waals surface area contributed by atoms with Gasteiger partial charge in [-0.05, 0) is 4.20 Å². The van der Waals surface area contributed by atoms with Gasteiger partial charge in [0, 0.05) is 35.6 Å². The van der Waals surface area contributed by atoms with E-state index >= 15 is 0 Å². The van der Waals surface area contributed by atoms with Crippen molar-refractivity contribution in [1.29, 1.82) is 0 Å². The van der Waals surface area contributed by atoms with E-state index < -0.39 is 14.8 Å². The van der Waals surface area contributed by atoms with Crippen LogP contribution < -0.4 is 8.40 Å². The molecule has 3 nitrogen and oxygen atoms in total. The second-order valence-corrected chi connectivity index (χ2v) is 1.04. The Balaban J connectivity index is 0.